The molecule has 2 atom stereocenters. The number of nitrogens with one attached hydrogen (secondary N) is 1. The van der Waals surface area contributed by atoms with E-state index in [2.05, 4.69) is 29.4 Å². The molecule has 2 nitrogen and oxygen atoms in total. The molecule has 0 amide bonds. The molecule has 1 heterocycles. The van der Waals surface area contributed by atoms with Gasteiger partial charge in [-0.15, -0.1) is 0 Å². The first kappa shape index (κ1) is 10.5. The van der Waals surface area contributed by atoms with Crippen molar-refractivity contribution in [2.24, 2.45) is 5.92 Å². The second-order valence-electron chi connectivity index (χ2n) is 4.80. The van der Waals surface area contributed by atoms with E-state index in [1.54, 1.807) is 0 Å². The number of anilines is 1. The highest BCUT2D eigenvalue weighted by Crippen LogP contribution is 2.25. The van der Waals surface area contributed by atoms with Crippen molar-refractivity contribution in [2.75, 3.05) is 5.32 Å². The van der Waals surface area contributed by atoms with Gasteiger partial charge in [0.1, 0.15) is 0 Å². The highest BCUT2D eigenvalue weighted by atomic mass is 14.9. The molecule has 1 N–H and O–H groups in total. The van der Waals surface area contributed by atoms with Crippen LogP contribution >= 0.6 is 0 Å². The average Bonchev–Trinajstić information content (AvgIpc) is 2.22. The predicted octanol–water partition coefficient (Wildman–Crippen LogP) is 3.38. The lowest BCUT2D eigenvalue weighted by atomic mass is 9.87. The molecule has 0 radical (unpaired) electrons. The number of aryl methyl sites for hydroxylation is 1. The van der Waals surface area contributed by atoms with Gasteiger partial charge in [0.25, 0.3) is 0 Å². The van der Waals surface area contributed by atoms with Crippen LogP contribution in [0.2, 0.25) is 0 Å². The van der Waals surface area contributed by atoms with Crippen LogP contribution in [0, 0.1) is 12.8 Å². The maximum atomic E-state index is 4.30. The number of pyridine rings is 1. The third-order valence-electron chi connectivity index (χ3n) is 3.22. The van der Waals surface area contributed by atoms with Crippen molar-refractivity contribution >= 4 is 5.69 Å². The van der Waals surface area contributed by atoms with Crippen molar-refractivity contribution in [3.8, 4) is 0 Å². The summed E-state index contributed by atoms with van der Waals surface area (Å²) in [6.45, 7) is 4.37. The molecule has 1 aromatic heterocycles. The van der Waals surface area contributed by atoms with Gasteiger partial charge in [0.15, 0.2) is 0 Å². The average molecular weight is 204 g/mol. The van der Waals surface area contributed by atoms with Gasteiger partial charge in [-0.1, -0.05) is 19.8 Å². The van der Waals surface area contributed by atoms with Crippen molar-refractivity contribution < 1.29 is 0 Å². The Bertz CT molecular complexity index is 305. The van der Waals surface area contributed by atoms with E-state index in [0.717, 1.165) is 11.6 Å². The van der Waals surface area contributed by atoms with Crippen LogP contribution in [0.15, 0.2) is 18.3 Å². The van der Waals surface area contributed by atoms with E-state index in [-0.39, 0.29) is 0 Å². The van der Waals surface area contributed by atoms with Crippen molar-refractivity contribution in [3.63, 3.8) is 0 Å². The molecular formula is C13H20N2. The fourth-order valence-electron chi connectivity index (χ4n) is 2.35. The standard InChI is InChI=1S/C13H20N2/c1-10-4-3-5-12(8-10)15-13-7-6-11(2)14-9-13/h6-7,9-10,12,15H,3-5,8H2,1-2H3/t10-,12-/m0/s1. The molecule has 0 aliphatic heterocycles. The fraction of sp³-hybridized carbons (Fsp3) is 0.615. The summed E-state index contributed by atoms with van der Waals surface area (Å²) in [4.78, 5) is 4.30. The normalized spacial score (nSPS) is 26.3. The molecule has 2 heteroatoms. The minimum Gasteiger partial charge on any atom is -0.381 e. The van der Waals surface area contributed by atoms with E-state index in [1.165, 1.54) is 31.4 Å². The van der Waals surface area contributed by atoms with E-state index in [1.807, 2.05) is 13.1 Å². The summed E-state index contributed by atoms with van der Waals surface area (Å²) in [6.07, 6.45) is 7.29. The summed E-state index contributed by atoms with van der Waals surface area (Å²) in [7, 11) is 0. The topological polar surface area (TPSA) is 24.9 Å². The van der Waals surface area contributed by atoms with Crippen LogP contribution in [0.25, 0.3) is 0 Å². The molecule has 0 unspecified atom stereocenters. The number of nitrogens with zero attached hydrogens (tertiary/aromatic N) is 1. The second-order valence-corrected chi connectivity index (χ2v) is 4.80. The zero-order chi connectivity index (χ0) is 10.7. The van der Waals surface area contributed by atoms with E-state index in [4.69, 9.17) is 0 Å². The maximum absolute atomic E-state index is 4.30. The van der Waals surface area contributed by atoms with Gasteiger partial charge < -0.3 is 5.32 Å². The van der Waals surface area contributed by atoms with Crippen LogP contribution in [0.4, 0.5) is 5.69 Å². The molecular weight excluding hydrogens is 184 g/mol. The number of hydrogen-bond donors (Lipinski definition) is 1. The Balaban J connectivity index is 1.93. The van der Waals surface area contributed by atoms with Gasteiger partial charge in [-0.3, -0.25) is 4.98 Å². The molecule has 2 rings (SSSR count). The predicted molar refractivity (Wildman–Crippen MR) is 64.0 cm³/mol. The molecule has 0 spiro atoms. The number of rotatable bonds is 2. The highest BCUT2D eigenvalue weighted by Gasteiger charge is 2.18. The summed E-state index contributed by atoms with van der Waals surface area (Å²) in [5.41, 5.74) is 2.25. The van der Waals surface area contributed by atoms with Gasteiger partial charge in [-0.25, -0.2) is 0 Å². The smallest absolute Gasteiger partial charge is 0.0529 e. The van der Waals surface area contributed by atoms with Gasteiger partial charge in [-0.05, 0) is 37.8 Å². The summed E-state index contributed by atoms with van der Waals surface area (Å²) < 4.78 is 0. The molecule has 1 aliphatic carbocycles. The van der Waals surface area contributed by atoms with Crippen LogP contribution < -0.4 is 5.32 Å². The molecule has 1 aliphatic rings. The first-order valence-corrected chi connectivity index (χ1v) is 5.93. The van der Waals surface area contributed by atoms with Crippen LogP contribution in [-0.2, 0) is 0 Å². The highest BCUT2D eigenvalue weighted by molar-refractivity contribution is 5.41. The van der Waals surface area contributed by atoms with Crippen molar-refractivity contribution in [1.82, 2.24) is 4.98 Å². The zero-order valence-corrected chi connectivity index (χ0v) is 9.66. The summed E-state index contributed by atoms with van der Waals surface area (Å²) in [6, 6.07) is 4.84. The van der Waals surface area contributed by atoms with Gasteiger partial charge in [0, 0.05) is 11.7 Å². The molecule has 0 aromatic carbocycles. The lowest BCUT2D eigenvalue weighted by Crippen LogP contribution is -2.26. The largest absolute Gasteiger partial charge is 0.381 e. The Morgan fingerprint density at radius 2 is 2.20 bits per heavy atom. The molecule has 15 heavy (non-hydrogen) atoms. The lowest BCUT2D eigenvalue weighted by molar-refractivity contribution is 0.358. The summed E-state index contributed by atoms with van der Waals surface area (Å²) in [5, 5.41) is 3.58. The van der Waals surface area contributed by atoms with Gasteiger partial charge in [0.05, 0.1) is 11.9 Å². The zero-order valence-electron chi connectivity index (χ0n) is 9.66. The van der Waals surface area contributed by atoms with Crippen molar-refractivity contribution in [2.45, 2.75) is 45.6 Å². The van der Waals surface area contributed by atoms with Crippen LogP contribution in [0.5, 0.6) is 0 Å². The second kappa shape index (κ2) is 4.65. The van der Waals surface area contributed by atoms with Gasteiger partial charge in [-0.2, -0.15) is 0 Å². The molecule has 82 valence electrons. The molecule has 0 saturated heterocycles. The van der Waals surface area contributed by atoms with Gasteiger partial charge >= 0.3 is 0 Å². The molecule has 1 fully saturated rings. The molecule has 1 saturated carbocycles. The van der Waals surface area contributed by atoms with E-state index < -0.39 is 0 Å². The monoisotopic (exact) mass is 204 g/mol. The Kier molecular flexibility index (Phi) is 3.24. The lowest BCUT2D eigenvalue weighted by Gasteiger charge is -2.28. The fourth-order valence-corrected chi connectivity index (χ4v) is 2.35. The van der Waals surface area contributed by atoms with Crippen molar-refractivity contribution in [1.29, 1.82) is 0 Å². The summed E-state index contributed by atoms with van der Waals surface area (Å²) in [5.74, 6) is 0.870. The van der Waals surface area contributed by atoms with Crippen LogP contribution in [-0.4, -0.2) is 11.0 Å². The Morgan fingerprint density at radius 1 is 1.33 bits per heavy atom. The summed E-state index contributed by atoms with van der Waals surface area (Å²) >= 11 is 0. The first-order chi connectivity index (χ1) is 7.24. The minimum atomic E-state index is 0.651. The van der Waals surface area contributed by atoms with Crippen LogP contribution in [0.1, 0.15) is 38.3 Å². The Morgan fingerprint density at radius 3 is 2.87 bits per heavy atom. The number of aromatic nitrogens is 1. The Labute approximate surface area is 92.1 Å². The minimum absolute atomic E-state index is 0.651. The van der Waals surface area contributed by atoms with Gasteiger partial charge in [0.2, 0.25) is 0 Å². The van der Waals surface area contributed by atoms with E-state index in [0.29, 0.717) is 6.04 Å². The Hall–Kier alpha value is -1.05. The molecule has 1 aromatic rings. The SMILES string of the molecule is Cc1ccc(N[C@H]2CCC[C@H](C)C2)cn1. The quantitative estimate of drug-likeness (QED) is 0.798. The third kappa shape index (κ3) is 2.95. The molecule has 0 bridgehead atoms. The maximum Gasteiger partial charge on any atom is 0.0529 e. The van der Waals surface area contributed by atoms with E-state index >= 15 is 0 Å². The van der Waals surface area contributed by atoms with E-state index in [9.17, 15) is 0 Å². The third-order valence-corrected chi connectivity index (χ3v) is 3.22. The van der Waals surface area contributed by atoms with Crippen molar-refractivity contribution in [3.05, 3.63) is 24.0 Å². The first-order valence-electron chi connectivity index (χ1n) is 5.93. The van der Waals surface area contributed by atoms with Crippen LogP contribution in [0.3, 0.4) is 0 Å². The number of hydrogen-bond acceptors (Lipinski definition) is 2.